The van der Waals surface area contributed by atoms with Gasteiger partial charge < -0.3 is 15.4 Å². The largest absolute Gasteiger partial charge is 0.495 e. The lowest BCUT2D eigenvalue weighted by Crippen LogP contribution is -2.31. The molecule has 1 unspecified atom stereocenters. The molecule has 0 radical (unpaired) electrons. The summed E-state index contributed by atoms with van der Waals surface area (Å²) in [5, 5.41) is 22.0. The van der Waals surface area contributed by atoms with Gasteiger partial charge in [-0.3, -0.25) is 19.9 Å². The van der Waals surface area contributed by atoms with Crippen LogP contribution < -0.4 is 15.4 Å². The molecule has 5 rings (SSSR count). The number of rotatable bonds is 6. The molecule has 11 heteroatoms. The van der Waals surface area contributed by atoms with Crippen LogP contribution in [0.5, 0.6) is 5.75 Å². The Bertz CT molecular complexity index is 1480. The normalized spacial score (nSPS) is 14.6. The number of amides is 1. The van der Waals surface area contributed by atoms with Gasteiger partial charge in [-0.05, 0) is 48.9 Å². The molecule has 180 valence electrons. The number of fused-ring (bicyclic) bond motifs is 1. The van der Waals surface area contributed by atoms with Crippen molar-refractivity contribution in [3.05, 3.63) is 100 Å². The molecule has 1 aliphatic rings. The standard InChI is InChI=1S/C25H21N7O4/c1-15-21(24(33)28-19-5-3-4-6-20(19)36-2)22(16-7-9-18(10-8-16)32(34)35)31-25(27-15)29-23(30-31)17-11-13-26-14-12-17/h3-14,22H,1-2H3,(H,28,33)(H,27,29,30). The summed E-state index contributed by atoms with van der Waals surface area (Å²) in [4.78, 5) is 33.0. The van der Waals surface area contributed by atoms with Crippen molar-refractivity contribution >= 4 is 23.2 Å². The number of pyridine rings is 1. The molecule has 2 aromatic carbocycles. The third-order valence-corrected chi connectivity index (χ3v) is 5.81. The minimum absolute atomic E-state index is 0.0512. The number of nitro benzene ring substituents is 1. The average molecular weight is 483 g/mol. The van der Waals surface area contributed by atoms with Crippen molar-refractivity contribution < 1.29 is 14.5 Å². The van der Waals surface area contributed by atoms with E-state index in [-0.39, 0.29) is 11.6 Å². The van der Waals surface area contributed by atoms with Gasteiger partial charge in [-0.2, -0.15) is 4.98 Å². The molecule has 36 heavy (non-hydrogen) atoms. The Labute approximate surface area is 205 Å². The average Bonchev–Trinajstić information content (AvgIpc) is 3.32. The van der Waals surface area contributed by atoms with Crippen LogP contribution in [0, 0.1) is 10.1 Å². The minimum Gasteiger partial charge on any atom is -0.495 e. The molecule has 0 saturated heterocycles. The van der Waals surface area contributed by atoms with Crippen LogP contribution in [-0.2, 0) is 4.79 Å². The first-order valence-corrected chi connectivity index (χ1v) is 11.0. The molecule has 0 fully saturated rings. The van der Waals surface area contributed by atoms with Crippen LogP contribution in [0.2, 0.25) is 0 Å². The molecule has 0 spiro atoms. The van der Waals surface area contributed by atoms with Crippen LogP contribution in [0.25, 0.3) is 11.4 Å². The van der Waals surface area contributed by atoms with E-state index in [4.69, 9.17) is 4.74 Å². The molecule has 1 aliphatic heterocycles. The van der Waals surface area contributed by atoms with Crippen molar-refractivity contribution in [3.63, 3.8) is 0 Å². The molecule has 0 aliphatic carbocycles. The van der Waals surface area contributed by atoms with Gasteiger partial charge in [0.2, 0.25) is 5.95 Å². The molecule has 0 saturated carbocycles. The first-order valence-electron chi connectivity index (χ1n) is 11.0. The highest BCUT2D eigenvalue weighted by Crippen LogP contribution is 2.37. The van der Waals surface area contributed by atoms with E-state index in [0.717, 1.165) is 5.56 Å². The summed E-state index contributed by atoms with van der Waals surface area (Å²) in [7, 11) is 1.53. The molecular weight excluding hydrogens is 462 g/mol. The second-order valence-corrected chi connectivity index (χ2v) is 8.01. The molecule has 0 bridgehead atoms. The van der Waals surface area contributed by atoms with Crippen molar-refractivity contribution in [1.29, 1.82) is 0 Å². The van der Waals surface area contributed by atoms with Gasteiger partial charge in [0.05, 0.1) is 23.3 Å². The van der Waals surface area contributed by atoms with Gasteiger partial charge >= 0.3 is 0 Å². The zero-order valence-corrected chi connectivity index (χ0v) is 19.4. The maximum absolute atomic E-state index is 13.6. The summed E-state index contributed by atoms with van der Waals surface area (Å²) in [6.45, 7) is 1.78. The van der Waals surface area contributed by atoms with Crippen LogP contribution in [-0.4, -0.2) is 37.7 Å². The van der Waals surface area contributed by atoms with Gasteiger partial charge in [-0.1, -0.05) is 12.1 Å². The molecule has 4 aromatic rings. The number of nitro groups is 1. The highest BCUT2D eigenvalue weighted by molar-refractivity contribution is 6.06. The predicted octanol–water partition coefficient (Wildman–Crippen LogP) is 4.18. The third kappa shape index (κ3) is 4.13. The number of anilines is 2. The fraction of sp³-hybridized carbons (Fsp3) is 0.120. The Morgan fingerprint density at radius 1 is 1.11 bits per heavy atom. The van der Waals surface area contributed by atoms with Crippen molar-refractivity contribution in [1.82, 2.24) is 19.7 Å². The summed E-state index contributed by atoms with van der Waals surface area (Å²) in [6, 6.07) is 16.0. The van der Waals surface area contributed by atoms with Gasteiger partial charge in [-0.25, -0.2) is 4.68 Å². The van der Waals surface area contributed by atoms with E-state index in [2.05, 4.69) is 25.7 Å². The SMILES string of the molecule is COc1ccccc1NC(=O)C1=C(C)Nc2nc(-c3ccncc3)nn2C1c1ccc([N+](=O)[O-])cc1. The van der Waals surface area contributed by atoms with Gasteiger partial charge in [0.1, 0.15) is 11.8 Å². The Morgan fingerprint density at radius 3 is 2.53 bits per heavy atom. The quantitative estimate of drug-likeness (QED) is 0.308. The fourth-order valence-corrected chi connectivity index (χ4v) is 4.09. The number of carbonyl (C=O) groups is 1. The molecular formula is C25H21N7O4. The number of allylic oxidation sites excluding steroid dienone is 1. The maximum Gasteiger partial charge on any atom is 0.269 e. The number of non-ortho nitro benzene ring substituents is 1. The summed E-state index contributed by atoms with van der Waals surface area (Å²) in [5.74, 6) is 1.03. The molecule has 2 N–H and O–H groups in total. The summed E-state index contributed by atoms with van der Waals surface area (Å²) in [5.41, 5.74) is 2.81. The molecule has 1 amide bonds. The minimum atomic E-state index is -0.695. The highest BCUT2D eigenvalue weighted by atomic mass is 16.6. The first-order chi connectivity index (χ1) is 17.5. The van der Waals surface area contributed by atoms with E-state index in [1.54, 1.807) is 66.5 Å². The summed E-state index contributed by atoms with van der Waals surface area (Å²) < 4.78 is 6.99. The molecule has 2 aromatic heterocycles. The van der Waals surface area contributed by atoms with E-state index in [0.29, 0.717) is 40.0 Å². The van der Waals surface area contributed by atoms with E-state index in [1.807, 2.05) is 6.07 Å². The number of ether oxygens (including phenoxy) is 1. The van der Waals surface area contributed by atoms with Crippen LogP contribution in [0.1, 0.15) is 18.5 Å². The second-order valence-electron chi connectivity index (χ2n) is 8.01. The lowest BCUT2D eigenvalue weighted by Gasteiger charge is -2.28. The van der Waals surface area contributed by atoms with Crippen molar-refractivity contribution in [2.75, 3.05) is 17.7 Å². The fourth-order valence-electron chi connectivity index (χ4n) is 4.09. The smallest absolute Gasteiger partial charge is 0.269 e. The lowest BCUT2D eigenvalue weighted by molar-refractivity contribution is -0.384. The molecule has 3 heterocycles. The monoisotopic (exact) mass is 483 g/mol. The number of benzene rings is 2. The van der Waals surface area contributed by atoms with E-state index < -0.39 is 11.0 Å². The highest BCUT2D eigenvalue weighted by Gasteiger charge is 2.35. The first kappa shape index (κ1) is 22.7. The topological polar surface area (TPSA) is 137 Å². The Kier molecular flexibility index (Phi) is 5.87. The van der Waals surface area contributed by atoms with Gasteiger partial charge in [0.15, 0.2) is 5.82 Å². The van der Waals surface area contributed by atoms with Crippen LogP contribution in [0.15, 0.2) is 84.3 Å². The summed E-state index contributed by atoms with van der Waals surface area (Å²) >= 11 is 0. The number of nitrogens with zero attached hydrogens (tertiary/aromatic N) is 5. The van der Waals surface area contributed by atoms with Crippen molar-refractivity contribution in [3.8, 4) is 17.1 Å². The Hall–Kier alpha value is -5.06. The maximum atomic E-state index is 13.6. The molecule has 1 atom stereocenters. The van der Waals surface area contributed by atoms with Gasteiger partial charge in [-0.15, -0.1) is 5.10 Å². The predicted molar refractivity (Wildman–Crippen MR) is 132 cm³/mol. The number of carbonyl (C=O) groups excluding carboxylic acids is 1. The number of methoxy groups -OCH3 is 1. The van der Waals surface area contributed by atoms with Crippen LogP contribution in [0.3, 0.4) is 0 Å². The van der Waals surface area contributed by atoms with Gasteiger partial charge in [0.25, 0.3) is 11.6 Å². The number of aromatic nitrogens is 4. The van der Waals surface area contributed by atoms with E-state index in [1.165, 1.54) is 19.2 Å². The van der Waals surface area contributed by atoms with Crippen molar-refractivity contribution in [2.24, 2.45) is 0 Å². The van der Waals surface area contributed by atoms with Crippen molar-refractivity contribution in [2.45, 2.75) is 13.0 Å². The second kappa shape index (κ2) is 9.29. The zero-order chi connectivity index (χ0) is 25.2. The number of nitrogens with one attached hydrogen (secondary N) is 2. The third-order valence-electron chi connectivity index (χ3n) is 5.81. The van der Waals surface area contributed by atoms with Crippen LogP contribution >= 0.6 is 0 Å². The Balaban J connectivity index is 1.60. The van der Waals surface area contributed by atoms with Crippen LogP contribution in [0.4, 0.5) is 17.3 Å². The van der Waals surface area contributed by atoms with E-state index >= 15 is 0 Å². The number of hydrogen-bond acceptors (Lipinski definition) is 8. The number of hydrogen-bond donors (Lipinski definition) is 2. The molecule has 11 nitrogen and oxygen atoms in total. The zero-order valence-electron chi connectivity index (χ0n) is 19.4. The Morgan fingerprint density at radius 2 is 1.83 bits per heavy atom. The van der Waals surface area contributed by atoms with E-state index in [9.17, 15) is 14.9 Å². The van der Waals surface area contributed by atoms with Gasteiger partial charge in [0, 0.05) is 35.8 Å². The number of para-hydroxylation sites is 2. The lowest BCUT2D eigenvalue weighted by atomic mass is 9.95. The summed E-state index contributed by atoms with van der Waals surface area (Å²) in [6.07, 6.45) is 3.29.